The molecule has 0 aliphatic heterocycles. The maximum absolute atomic E-state index is 13.7. The molecule has 5 rings (SSSR count). The standard InChI is InChI=1S/C31H23F4NO4/c32-24-9-11-25(12-10-24)40-27-13-6-22(21-3-1-2-19(16-21)18-31(33,34)35)17-26(27)28(37)36-30(14-15-30)23-7-4-20(5-8-23)29(38)39/h1-13,16-17H,14-15,18H2,(H,36,37)(H,38,39). The number of carbonyl (C=O) groups is 2. The summed E-state index contributed by atoms with van der Waals surface area (Å²) < 4.78 is 58.2. The molecule has 1 saturated carbocycles. The number of halogens is 4. The smallest absolute Gasteiger partial charge is 0.393 e. The van der Waals surface area contributed by atoms with E-state index in [1.54, 1.807) is 36.4 Å². The molecule has 1 aliphatic carbocycles. The van der Waals surface area contributed by atoms with Gasteiger partial charge in [-0.15, -0.1) is 0 Å². The van der Waals surface area contributed by atoms with Crippen molar-refractivity contribution >= 4 is 11.9 Å². The number of carboxylic acids is 1. The Bertz CT molecular complexity index is 1560. The molecular formula is C31H23F4NO4. The number of benzene rings is 4. The fourth-order valence-corrected chi connectivity index (χ4v) is 4.53. The van der Waals surface area contributed by atoms with Crippen molar-refractivity contribution in [2.24, 2.45) is 0 Å². The molecule has 5 nitrogen and oxygen atoms in total. The van der Waals surface area contributed by atoms with Gasteiger partial charge in [0.05, 0.1) is 23.1 Å². The summed E-state index contributed by atoms with van der Waals surface area (Å²) in [5.74, 6) is -1.52. The van der Waals surface area contributed by atoms with Crippen molar-refractivity contribution in [1.82, 2.24) is 5.32 Å². The van der Waals surface area contributed by atoms with Crippen LogP contribution in [0.5, 0.6) is 11.5 Å². The van der Waals surface area contributed by atoms with Crippen molar-refractivity contribution in [2.75, 3.05) is 0 Å². The average molecular weight is 550 g/mol. The molecule has 0 atom stereocenters. The van der Waals surface area contributed by atoms with Crippen LogP contribution in [-0.2, 0) is 12.0 Å². The highest BCUT2D eigenvalue weighted by molar-refractivity contribution is 5.99. The third kappa shape index (κ3) is 6.14. The van der Waals surface area contributed by atoms with Crippen LogP contribution in [0.1, 0.15) is 44.7 Å². The Balaban J connectivity index is 1.48. The third-order valence-electron chi connectivity index (χ3n) is 6.72. The predicted octanol–water partition coefficient (Wildman–Crippen LogP) is 7.51. The molecule has 1 fully saturated rings. The summed E-state index contributed by atoms with van der Waals surface area (Å²) in [5, 5.41) is 12.2. The summed E-state index contributed by atoms with van der Waals surface area (Å²) >= 11 is 0. The van der Waals surface area contributed by atoms with E-state index in [0.29, 0.717) is 29.7 Å². The maximum Gasteiger partial charge on any atom is 0.393 e. The van der Waals surface area contributed by atoms with Crippen LogP contribution in [0.15, 0.2) is 91.0 Å². The fourth-order valence-electron chi connectivity index (χ4n) is 4.53. The van der Waals surface area contributed by atoms with Crippen molar-refractivity contribution in [3.8, 4) is 22.6 Å². The fraction of sp³-hybridized carbons (Fsp3) is 0.161. The highest BCUT2D eigenvalue weighted by atomic mass is 19.4. The number of amides is 1. The Morgan fingerprint density at radius 1 is 0.875 bits per heavy atom. The van der Waals surface area contributed by atoms with Gasteiger partial charge in [-0.1, -0.05) is 42.5 Å². The lowest BCUT2D eigenvalue weighted by Gasteiger charge is -2.20. The molecule has 0 unspecified atom stereocenters. The number of aromatic carboxylic acids is 1. The van der Waals surface area contributed by atoms with Gasteiger partial charge in [0.25, 0.3) is 5.91 Å². The van der Waals surface area contributed by atoms with Crippen LogP contribution in [0.2, 0.25) is 0 Å². The van der Waals surface area contributed by atoms with Crippen molar-refractivity contribution < 1.29 is 37.0 Å². The number of rotatable bonds is 8. The van der Waals surface area contributed by atoms with E-state index in [9.17, 15) is 32.3 Å². The zero-order valence-corrected chi connectivity index (χ0v) is 21.0. The van der Waals surface area contributed by atoms with E-state index in [2.05, 4.69) is 5.32 Å². The first-order chi connectivity index (χ1) is 19.0. The van der Waals surface area contributed by atoms with Crippen molar-refractivity contribution in [2.45, 2.75) is 31.0 Å². The van der Waals surface area contributed by atoms with E-state index < -0.39 is 35.8 Å². The van der Waals surface area contributed by atoms with E-state index in [1.165, 1.54) is 54.6 Å². The number of hydrogen-bond acceptors (Lipinski definition) is 3. The van der Waals surface area contributed by atoms with Gasteiger partial charge in [-0.2, -0.15) is 13.2 Å². The first-order valence-electron chi connectivity index (χ1n) is 12.4. The van der Waals surface area contributed by atoms with Crippen LogP contribution >= 0.6 is 0 Å². The van der Waals surface area contributed by atoms with E-state index in [4.69, 9.17) is 4.74 Å². The molecule has 0 radical (unpaired) electrons. The van der Waals surface area contributed by atoms with Crippen LogP contribution in [0.4, 0.5) is 17.6 Å². The Morgan fingerprint density at radius 2 is 1.55 bits per heavy atom. The van der Waals surface area contributed by atoms with E-state index in [1.807, 2.05) is 0 Å². The normalized spacial score (nSPS) is 13.9. The first-order valence-corrected chi connectivity index (χ1v) is 12.4. The predicted molar refractivity (Wildman–Crippen MR) is 140 cm³/mol. The summed E-state index contributed by atoms with van der Waals surface area (Å²) in [5.41, 5.74) is 1.42. The number of hydrogen-bond donors (Lipinski definition) is 2. The zero-order valence-electron chi connectivity index (χ0n) is 21.0. The third-order valence-corrected chi connectivity index (χ3v) is 6.72. The summed E-state index contributed by atoms with van der Waals surface area (Å²) in [6, 6.07) is 22.3. The van der Waals surface area contributed by atoms with Crippen LogP contribution in [0.3, 0.4) is 0 Å². The minimum atomic E-state index is -4.36. The highest BCUT2D eigenvalue weighted by Crippen LogP contribution is 2.46. The van der Waals surface area contributed by atoms with Crippen molar-refractivity contribution in [3.63, 3.8) is 0 Å². The molecule has 2 N–H and O–H groups in total. The molecule has 9 heteroatoms. The van der Waals surface area contributed by atoms with E-state index in [0.717, 1.165) is 5.56 Å². The molecule has 0 heterocycles. The highest BCUT2D eigenvalue weighted by Gasteiger charge is 2.46. The summed E-state index contributed by atoms with van der Waals surface area (Å²) in [6.07, 6.45) is -4.17. The number of alkyl halides is 3. The minimum absolute atomic E-state index is 0.0874. The van der Waals surface area contributed by atoms with Crippen molar-refractivity contribution in [3.05, 3.63) is 119 Å². The lowest BCUT2D eigenvalue weighted by atomic mass is 9.98. The SMILES string of the molecule is O=C(O)c1ccc(C2(NC(=O)c3cc(-c4cccc(CC(F)(F)F)c4)ccc3Oc3ccc(F)cc3)CC2)cc1. The monoisotopic (exact) mass is 549 g/mol. The molecular weight excluding hydrogens is 526 g/mol. The first kappa shape index (κ1) is 26.9. The van der Waals surface area contributed by atoms with Gasteiger partial charge in [-0.25, -0.2) is 9.18 Å². The lowest BCUT2D eigenvalue weighted by molar-refractivity contribution is -0.127. The number of ether oxygens (including phenoxy) is 1. The van der Waals surface area contributed by atoms with E-state index >= 15 is 0 Å². The van der Waals surface area contributed by atoms with Gasteiger partial charge in [0.15, 0.2) is 0 Å². The van der Waals surface area contributed by atoms with Gasteiger partial charge in [0.1, 0.15) is 17.3 Å². The summed E-state index contributed by atoms with van der Waals surface area (Å²) in [7, 11) is 0. The molecule has 1 aliphatic rings. The molecule has 0 bridgehead atoms. The van der Waals surface area contributed by atoms with Crippen molar-refractivity contribution in [1.29, 1.82) is 0 Å². The Kier molecular flexibility index (Phi) is 7.06. The lowest BCUT2D eigenvalue weighted by Crippen LogP contribution is -2.35. The molecule has 40 heavy (non-hydrogen) atoms. The number of carboxylic acid groups (broad SMARTS) is 1. The van der Waals surface area contributed by atoms with Crippen LogP contribution in [0.25, 0.3) is 11.1 Å². The quantitative estimate of drug-likeness (QED) is 0.223. The Morgan fingerprint density at radius 3 is 2.17 bits per heavy atom. The van der Waals surface area contributed by atoms with Crippen LogP contribution in [0, 0.1) is 5.82 Å². The summed E-state index contributed by atoms with van der Waals surface area (Å²) in [4.78, 5) is 24.9. The number of nitrogens with one attached hydrogen (secondary N) is 1. The second-order valence-corrected chi connectivity index (χ2v) is 9.68. The summed E-state index contributed by atoms with van der Waals surface area (Å²) in [6.45, 7) is 0. The van der Waals surface area contributed by atoms with Gasteiger partial charge in [-0.3, -0.25) is 4.79 Å². The molecule has 0 aromatic heterocycles. The molecule has 1 amide bonds. The van der Waals surface area contributed by atoms with Gasteiger partial charge < -0.3 is 15.2 Å². The van der Waals surface area contributed by atoms with Crippen LogP contribution < -0.4 is 10.1 Å². The zero-order chi connectivity index (χ0) is 28.5. The van der Waals surface area contributed by atoms with Gasteiger partial charge in [0, 0.05) is 0 Å². The van der Waals surface area contributed by atoms with Crippen LogP contribution in [-0.4, -0.2) is 23.2 Å². The molecule has 4 aromatic rings. The second-order valence-electron chi connectivity index (χ2n) is 9.68. The molecule has 0 saturated heterocycles. The van der Waals surface area contributed by atoms with Gasteiger partial charge in [-0.05, 0) is 83.6 Å². The van der Waals surface area contributed by atoms with Gasteiger partial charge >= 0.3 is 12.1 Å². The largest absolute Gasteiger partial charge is 0.478 e. The topological polar surface area (TPSA) is 75.6 Å². The maximum atomic E-state index is 13.7. The molecule has 0 spiro atoms. The Hall–Kier alpha value is -4.66. The molecule has 204 valence electrons. The second kappa shape index (κ2) is 10.5. The number of carbonyl (C=O) groups excluding carboxylic acids is 1. The minimum Gasteiger partial charge on any atom is -0.478 e. The molecule has 4 aromatic carbocycles. The average Bonchev–Trinajstić information content (AvgIpc) is 3.70. The Labute approximate surface area is 227 Å². The van der Waals surface area contributed by atoms with E-state index in [-0.39, 0.29) is 22.4 Å². The van der Waals surface area contributed by atoms with Gasteiger partial charge in [0.2, 0.25) is 0 Å².